The first kappa shape index (κ1) is 13.4. The Morgan fingerprint density at radius 2 is 1.69 bits per heavy atom. The molecule has 0 spiro atoms. The van der Waals surface area contributed by atoms with Crippen LogP contribution in [0.25, 0.3) is 0 Å². The van der Waals surface area contributed by atoms with Gasteiger partial charge in [-0.2, -0.15) is 0 Å². The molecule has 4 nitrogen and oxygen atoms in total. The van der Waals surface area contributed by atoms with Crippen molar-refractivity contribution in [1.29, 1.82) is 0 Å². The summed E-state index contributed by atoms with van der Waals surface area (Å²) in [5.41, 5.74) is 0.438. The van der Waals surface area contributed by atoms with E-state index in [4.69, 9.17) is 5.11 Å². The molecular formula is C10H6BrNNaO3+. The Morgan fingerprint density at radius 3 is 2.12 bits per heavy atom. The second-order valence-corrected chi connectivity index (χ2v) is 3.90. The van der Waals surface area contributed by atoms with Gasteiger partial charge in [0, 0.05) is 4.47 Å². The van der Waals surface area contributed by atoms with Crippen molar-refractivity contribution in [1.82, 2.24) is 0 Å². The Morgan fingerprint density at radius 1 is 1.12 bits per heavy atom. The fourth-order valence-electron chi connectivity index (χ4n) is 1.29. The van der Waals surface area contributed by atoms with Crippen LogP contribution >= 0.6 is 15.9 Å². The molecule has 2 amide bonds. The fraction of sp³-hybridized carbons (Fsp3) is 0. The molecule has 1 heterocycles. The minimum atomic E-state index is -0.692. The minimum absolute atomic E-state index is 0. The molecule has 2 rings (SSSR count). The molecule has 76 valence electrons. The molecule has 0 bridgehead atoms. The molecule has 0 radical (unpaired) electrons. The molecule has 1 N–H and O–H groups in total. The fourth-order valence-corrected chi connectivity index (χ4v) is 1.56. The van der Waals surface area contributed by atoms with Gasteiger partial charge in [-0.1, -0.05) is 15.9 Å². The Hall–Kier alpha value is -0.620. The van der Waals surface area contributed by atoms with Crippen LogP contribution in [0, 0.1) is 0 Å². The Labute approximate surface area is 122 Å². The van der Waals surface area contributed by atoms with Gasteiger partial charge >= 0.3 is 29.6 Å². The molecule has 0 aliphatic carbocycles. The number of anilines is 1. The van der Waals surface area contributed by atoms with Gasteiger partial charge in [-0.3, -0.25) is 9.59 Å². The van der Waals surface area contributed by atoms with E-state index in [1.807, 2.05) is 0 Å². The molecule has 6 heteroatoms. The van der Waals surface area contributed by atoms with Crippen LogP contribution in [-0.2, 0) is 9.59 Å². The molecule has 0 unspecified atom stereocenters. The van der Waals surface area contributed by atoms with Crippen LogP contribution in [0.5, 0.6) is 0 Å². The summed E-state index contributed by atoms with van der Waals surface area (Å²) in [5, 5.41) is 9.09. The van der Waals surface area contributed by atoms with E-state index in [-0.39, 0.29) is 29.6 Å². The van der Waals surface area contributed by atoms with E-state index in [0.717, 1.165) is 15.4 Å². The summed E-state index contributed by atoms with van der Waals surface area (Å²) >= 11 is 3.25. The minimum Gasteiger partial charge on any atom is -0.503 e. The number of aliphatic hydroxyl groups excluding tert-OH is 1. The molecule has 0 fully saturated rings. The van der Waals surface area contributed by atoms with Gasteiger partial charge in [-0.05, 0) is 24.3 Å². The summed E-state index contributed by atoms with van der Waals surface area (Å²) in [6.45, 7) is 0. The smallest absolute Gasteiger partial charge is 0.503 e. The van der Waals surface area contributed by atoms with Crippen molar-refractivity contribution < 1.29 is 44.3 Å². The predicted octanol–water partition coefficient (Wildman–Crippen LogP) is -1.23. The average molecular weight is 291 g/mol. The SMILES string of the molecule is O=C1C=C(O)C(=O)N1c1ccc(Br)cc1.[Na+]. The first-order valence-corrected chi connectivity index (χ1v) is 4.93. The normalized spacial score (nSPS) is 14.8. The number of amides is 2. The molecule has 0 saturated carbocycles. The summed E-state index contributed by atoms with van der Waals surface area (Å²) in [7, 11) is 0. The van der Waals surface area contributed by atoms with Crippen molar-refractivity contribution in [2.75, 3.05) is 4.90 Å². The van der Waals surface area contributed by atoms with Gasteiger partial charge in [0.1, 0.15) is 0 Å². The van der Waals surface area contributed by atoms with E-state index in [1.54, 1.807) is 24.3 Å². The zero-order chi connectivity index (χ0) is 11.0. The average Bonchev–Trinajstić information content (AvgIpc) is 2.44. The molecule has 1 aliphatic rings. The van der Waals surface area contributed by atoms with Crippen LogP contribution in [-0.4, -0.2) is 16.9 Å². The summed E-state index contributed by atoms with van der Waals surface area (Å²) in [6, 6.07) is 6.66. The second kappa shape index (κ2) is 5.14. The number of benzene rings is 1. The van der Waals surface area contributed by atoms with Gasteiger partial charge in [-0.15, -0.1) is 0 Å². The molecular weight excluding hydrogens is 285 g/mol. The number of halogens is 1. The third-order valence-corrected chi connectivity index (χ3v) is 2.52. The second-order valence-electron chi connectivity index (χ2n) is 2.98. The zero-order valence-corrected chi connectivity index (χ0v) is 12.1. The largest absolute Gasteiger partial charge is 1.00 e. The van der Waals surface area contributed by atoms with Crippen molar-refractivity contribution in [3.8, 4) is 0 Å². The predicted molar refractivity (Wildman–Crippen MR) is 57.3 cm³/mol. The van der Waals surface area contributed by atoms with Gasteiger partial charge in [0.25, 0.3) is 11.8 Å². The third-order valence-electron chi connectivity index (χ3n) is 1.99. The number of carbonyl (C=O) groups is 2. The number of imide groups is 1. The number of aliphatic hydroxyl groups is 1. The zero-order valence-electron chi connectivity index (χ0n) is 8.48. The van der Waals surface area contributed by atoms with E-state index in [2.05, 4.69) is 15.9 Å². The van der Waals surface area contributed by atoms with Crippen LogP contribution in [0.1, 0.15) is 0 Å². The maximum absolute atomic E-state index is 11.4. The number of hydrogen-bond donors (Lipinski definition) is 1. The van der Waals surface area contributed by atoms with Crippen LogP contribution in [0.2, 0.25) is 0 Å². The van der Waals surface area contributed by atoms with E-state index in [0.29, 0.717) is 5.69 Å². The standard InChI is InChI=1S/C10H6BrNO3.Na/c11-6-1-3-7(4-2-6)12-9(14)5-8(13)10(12)15;/h1-5,13H;/q;+1. The van der Waals surface area contributed by atoms with Crippen molar-refractivity contribution in [2.45, 2.75) is 0 Å². The van der Waals surface area contributed by atoms with E-state index in [9.17, 15) is 9.59 Å². The van der Waals surface area contributed by atoms with Crippen LogP contribution < -0.4 is 34.5 Å². The van der Waals surface area contributed by atoms with Gasteiger partial charge in [0.05, 0.1) is 11.8 Å². The molecule has 0 aromatic heterocycles. The Kier molecular flexibility index (Phi) is 4.32. The Balaban J connectivity index is 0.00000128. The van der Waals surface area contributed by atoms with Gasteiger partial charge in [-0.25, -0.2) is 4.90 Å². The van der Waals surface area contributed by atoms with Crippen LogP contribution in [0.15, 0.2) is 40.6 Å². The van der Waals surface area contributed by atoms with Gasteiger partial charge in [0.15, 0.2) is 5.76 Å². The quantitative estimate of drug-likeness (QED) is 0.520. The molecule has 1 aromatic carbocycles. The molecule has 0 saturated heterocycles. The summed E-state index contributed by atoms with van der Waals surface area (Å²) in [5.74, 6) is -1.75. The third kappa shape index (κ3) is 2.38. The molecule has 1 aliphatic heterocycles. The maximum atomic E-state index is 11.4. The number of carbonyl (C=O) groups excluding carboxylic acids is 2. The monoisotopic (exact) mass is 290 g/mol. The summed E-state index contributed by atoms with van der Waals surface area (Å²) < 4.78 is 0.850. The van der Waals surface area contributed by atoms with Crippen LogP contribution in [0.3, 0.4) is 0 Å². The molecule has 0 atom stereocenters. The van der Waals surface area contributed by atoms with Gasteiger partial charge < -0.3 is 5.11 Å². The van der Waals surface area contributed by atoms with Gasteiger partial charge in [0.2, 0.25) is 0 Å². The molecule has 16 heavy (non-hydrogen) atoms. The van der Waals surface area contributed by atoms with E-state index < -0.39 is 17.6 Å². The van der Waals surface area contributed by atoms with Crippen molar-refractivity contribution in [3.05, 3.63) is 40.6 Å². The van der Waals surface area contributed by atoms with Crippen molar-refractivity contribution in [2.24, 2.45) is 0 Å². The molecule has 1 aromatic rings. The first-order chi connectivity index (χ1) is 7.09. The maximum Gasteiger partial charge on any atom is 1.00 e. The van der Waals surface area contributed by atoms with Crippen LogP contribution in [0.4, 0.5) is 5.69 Å². The summed E-state index contributed by atoms with van der Waals surface area (Å²) in [6.07, 6.45) is 0.907. The van der Waals surface area contributed by atoms with E-state index >= 15 is 0 Å². The number of rotatable bonds is 1. The van der Waals surface area contributed by atoms with E-state index in [1.165, 1.54) is 0 Å². The topological polar surface area (TPSA) is 57.6 Å². The Bertz CT molecular complexity index is 469. The summed E-state index contributed by atoms with van der Waals surface area (Å²) in [4.78, 5) is 23.6. The number of nitrogens with zero attached hydrogens (tertiary/aromatic N) is 1. The first-order valence-electron chi connectivity index (χ1n) is 4.14. The van der Waals surface area contributed by atoms with Crippen molar-refractivity contribution in [3.63, 3.8) is 0 Å². The van der Waals surface area contributed by atoms with Crippen molar-refractivity contribution >= 4 is 33.4 Å². The number of hydrogen-bond acceptors (Lipinski definition) is 3.